The number of hydrogen-bond donors (Lipinski definition) is 1. The van der Waals surface area contributed by atoms with Gasteiger partial charge in [0, 0.05) is 11.1 Å². The molecule has 2 N–H and O–H groups in total. The molecule has 0 aromatic heterocycles. The Labute approximate surface area is 90.3 Å². The molecule has 0 saturated heterocycles. The summed E-state index contributed by atoms with van der Waals surface area (Å²) in [5.74, 6) is 0.862. The lowest BCUT2D eigenvalue weighted by molar-refractivity contribution is 0.277. The second-order valence-corrected chi connectivity index (χ2v) is 4.63. The van der Waals surface area contributed by atoms with E-state index in [1.165, 1.54) is 24.8 Å². The summed E-state index contributed by atoms with van der Waals surface area (Å²) in [6.07, 6.45) is 5.24. The second-order valence-electron chi connectivity index (χ2n) is 4.19. The molecular weight excluding hydrogens is 194 g/mol. The van der Waals surface area contributed by atoms with Gasteiger partial charge in [0.05, 0.1) is 0 Å². The minimum atomic E-state index is 0.192. The predicted octanol–water partition coefficient (Wildman–Crippen LogP) is 3.53. The molecule has 1 atom stereocenters. The van der Waals surface area contributed by atoms with Gasteiger partial charge in [-0.05, 0) is 30.0 Å². The molecule has 0 amide bonds. The van der Waals surface area contributed by atoms with Gasteiger partial charge in [0.15, 0.2) is 0 Å². The van der Waals surface area contributed by atoms with Gasteiger partial charge in [0.25, 0.3) is 0 Å². The van der Waals surface area contributed by atoms with Crippen molar-refractivity contribution in [3.05, 3.63) is 34.9 Å². The Hall–Kier alpha value is -0.530. The van der Waals surface area contributed by atoms with Crippen molar-refractivity contribution in [3.8, 4) is 0 Å². The zero-order valence-corrected chi connectivity index (χ0v) is 9.00. The molecular formula is C12H16ClN. The van der Waals surface area contributed by atoms with Crippen molar-refractivity contribution >= 4 is 11.6 Å². The standard InChI is InChI=1S/C12H16ClN/c13-11-6-4-10(5-7-11)12(14)8-9-2-1-3-9/h4-7,9,12H,1-3,8,14H2. The van der Waals surface area contributed by atoms with Crippen LogP contribution in [0.2, 0.25) is 5.02 Å². The molecule has 1 unspecified atom stereocenters. The van der Waals surface area contributed by atoms with Crippen molar-refractivity contribution in [1.29, 1.82) is 0 Å². The van der Waals surface area contributed by atoms with E-state index in [-0.39, 0.29) is 6.04 Å². The first-order chi connectivity index (χ1) is 6.75. The molecule has 76 valence electrons. The highest BCUT2D eigenvalue weighted by molar-refractivity contribution is 6.30. The number of hydrogen-bond acceptors (Lipinski definition) is 1. The maximum atomic E-state index is 6.11. The van der Waals surface area contributed by atoms with Crippen LogP contribution in [0.4, 0.5) is 0 Å². The minimum Gasteiger partial charge on any atom is -0.324 e. The molecule has 0 heterocycles. The number of benzene rings is 1. The molecule has 1 saturated carbocycles. The Morgan fingerprint density at radius 2 is 1.93 bits per heavy atom. The van der Waals surface area contributed by atoms with Crippen LogP contribution in [0.5, 0.6) is 0 Å². The minimum absolute atomic E-state index is 0.192. The first-order valence-electron chi connectivity index (χ1n) is 5.27. The molecule has 2 rings (SSSR count). The van der Waals surface area contributed by atoms with E-state index in [1.54, 1.807) is 0 Å². The van der Waals surface area contributed by atoms with Crippen LogP contribution in [0.1, 0.15) is 37.3 Å². The molecule has 1 aromatic carbocycles. The SMILES string of the molecule is NC(CC1CCC1)c1ccc(Cl)cc1. The lowest BCUT2D eigenvalue weighted by atomic mass is 9.80. The summed E-state index contributed by atoms with van der Waals surface area (Å²) in [4.78, 5) is 0. The van der Waals surface area contributed by atoms with E-state index in [9.17, 15) is 0 Å². The van der Waals surface area contributed by atoms with Crippen LogP contribution < -0.4 is 5.73 Å². The van der Waals surface area contributed by atoms with Crippen LogP contribution in [0.3, 0.4) is 0 Å². The summed E-state index contributed by atoms with van der Waals surface area (Å²) in [6.45, 7) is 0. The molecule has 14 heavy (non-hydrogen) atoms. The largest absolute Gasteiger partial charge is 0.324 e. The van der Waals surface area contributed by atoms with Gasteiger partial charge in [-0.3, -0.25) is 0 Å². The van der Waals surface area contributed by atoms with Gasteiger partial charge in [-0.1, -0.05) is 43.0 Å². The number of nitrogens with two attached hydrogens (primary N) is 1. The molecule has 1 aliphatic rings. The molecule has 1 aliphatic carbocycles. The molecule has 0 aliphatic heterocycles. The van der Waals surface area contributed by atoms with Crippen molar-refractivity contribution in [2.45, 2.75) is 31.7 Å². The Bertz CT molecular complexity index is 290. The fourth-order valence-electron chi connectivity index (χ4n) is 1.93. The van der Waals surface area contributed by atoms with Crippen molar-refractivity contribution in [2.75, 3.05) is 0 Å². The number of halogens is 1. The summed E-state index contributed by atoms with van der Waals surface area (Å²) in [6, 6.07) is 8.09. The summed E-state index contributed by atoms with van der Waals surface area (Å²) < 4.78 is 0. The van der Waals surface area contributed by atoms with Crippen LogP contribution >= 0.6 is 11.6 Å². The Kier molecular flexibility index (Phi) is 3.09. The van der Waals surface area contributed by atoms with Gasteiger partial charge >= 0.3 is 0 Å². The molecule has 1 nitrogen and oxygen atoms in total. The van der Waals surface area contributed by atoms with Gasteiger partial charge in [0.1, 0.15) is 0 Å². The third kappa shape index (κ3) is 2.28. The highest BCUT2D eigenvalue weighted by Gasteiger charge is 2.20. The van der Waals surface area contributed by atoms with Crippen LogP contribution in [0, 0.1) is 5.92 Å². The maximum absolute atomic E-state index is 6.11. The lowest BCUT2D eigenvalue weighted by Gasteiger charge is -2.28. The van der Waals surface area contributed by atoms with E-state index < -0.39 is 0 Å². The highest BCUT2D eigenvalue weighted by Crippen LogP contribution is 2.33. The first kappa shape index (κ1) is 10.0. The summed E-state index contributed by atoms with van der Waals surface area (Å²) in [7, 11) is 0. The zero-order valence-electron chi connectivity index (χ0n) is 8.25. The average Bonchev–Trinajstić information content (AvgIpc) is 2.12. The molecule has 2 heteroatoms. The molecule has 0 spiro atoms. The van der Waals surface area contributed by atoms with Gasteiger partial charge in [-0.25, -0.2) is 0 Å². The normalized spacial score (nSPS) is 19.0. The van der Waals surface area contributed by atoms with Gasteiger partial charge in [-0.15, -0.1) is 0 Å². The summed E-state index contributed by atoms with van der Waals surface area (Å²) in [5.41, 5.74) is 7.32. The quantitative estimate of drug-likeness (QED) is 0.810. The van der Waals surface area contributed by atoms with Crippen LogP contribution in [-0.4, -0.2) is 0 Å². The summed E-state index contributed by atoms with van der Waals surface area (Å²) >= 11 is 5.82. The van der Waals surface area contributed by atoms with Crippen molar-refractivity contribution in [2.24, 2.45) is 11.7 Å². The lowest BCUT2D eigenvalue weighted by Crippen LogP contribution is -2.19. The van der Waals surface area contributed by atoms with Crippen molar-refractivity contribution in [1.82, 2.24) is 0 Å². The highest BCUT2D eigenvalue weighted by atomic mass is 35.5. The van der Waals surface area contributed by atoms with E-state index in [1.807, 2.05) is 24.3 Å². The second kappa shape index (κ2) is 4.33. The van der Waals surface area contributed by atoms with E-state index in [0.29, 0.717) is 0 Å². The third-order valence-electron chi connectivity index (χ3n) is 3.11. The molecule has 1 aromatic rings. The maximum Gasteiger partial charge on any atom is 0.0406 e. The van der Waals surface area contributed by atoms with Crippen LogP contribution in [0.15, 0.2) is 24.3 Å². The van der Waals surface area contributed by atoms with E-state index >= 15 is 0 Å². The Balaban J connectivity index is 1.95. The van der Waals surface area contributed by atoms with Crippen LogP contribution in [0.25, 0.3) is 0 Å². The van der Waals surface area contributed by atoms with E-state index in [2.05, 4.69) is 0 Å². The fraction of sp³-hybridized carbons (Fsp3) is 0.500. The topological polar surface area (TPSA) is 26.0 Å². The molecule has 0 radical (unpaired) electrons. The van der Waals surface area contributed by atoms with Gasteiger partial charge in [-0.2, -0.15) is 0 Å². The predicted molar refractivity (Wildman–Crippen MR) is 60.3 cm³/mol. The zero-order chi connectivity index (χ0) is 9.97. The first-order valence-corrected chi connectivity index (χ1v) is 5.64. The average molecular weight is 210 g/mol. The fourth-order valence-corrected chi connectivity index (χ4v) is 2.06. The van der Waals surface area contributed by atoms with E-state index in [0.717, 1.165) is 17.4 Å². The van der Waals surface area contributed by atoms with Crippen LogP contribution in [-0.2, 0) is 0 Å². The number of rotatable bonds is 3. The molecule has 0 bridgehead atoms. The smallest absolute Gasteiger partial charge is 0.0406 e. The van der Waals surface area contributed by atoms with E-state index in [4.69, 9.17) is 17.3 Å². The monoisotopic (exact) mass is 209 g/mol. The van der Waals surface area contributed by atoms with Crippen molar-refractivity contribution < 1.29 is 0 Å². The summed E-state index contributed by atoms with van der Waals surface area (Å²) in [5, 5.41) is 0.782. The van der Waals surface area contributed by atoms with Gasteiger partial charge in [0.2, 0.25) is 0 Å². The Morgan fingerprint density at radius 1 is 1.29 bits per heavy atom. The molecule has 1 fully saturated rings. The van der Waals surface area contributed by atoms with Gasteiger partial charge < -0.3 is 5.73 Å². The Morgan fingerprint density at radius 3 is 2.43 bits per heavy atom. The third-order valence-corrected chi connectivity index (χ3v) is 3.36. The van der Waals surface area contributed by atoms with Crippen molar-refractivity contribution in [3.63, 3.8) is 0 Å².